The van der Waals surface area contributed by atoms with E-state index < -0.39 is 11.6 Å². The molecule has 1 amide bonds. The Labute approximate surface area is 156 Å². The first-order valence-electron chi connectivity index (χ1n) is 8.77. The van der Waals surface area contributed by atoms with Crippen LogP contribution >= 0.6 is 0 Å². The number of hydrogen-bond donors (Lipinski definition) is 0. The summed E-state index contributed by atoms with van der Waals surface area (Å²) in [5, 5.41) is 0. The Morgan fingerprint density at radius 3 is 2.59 bits per heavy atom. The quantitative estimate of drug-likeness (QED) is 0.632. The number of nitrogens with zero attached hydrogens (tertiary/aromatic N) is 2. The van der Waals surface area contributed by atoms with Crippen LogP contribution in [0, 0.1) is 11.6 Å². The fourth-order valence-electron chi connectivity index (χ4n) is 3.50. The fourth-order valence-corrected chi connectivity index (χ4v) is 3.50. The second kappa shape index (κ2) is 7.19. The summed E-state index contributed by atoms with van der Waals surface area (Å²) >= 11 is 0. The van der Waals surface area contributed by atoms with E-state index in [1.165, 1.54) is 24.3 Å². The van der Waals surface area contributed by atoms with Gasteiger partial charge in [-0.15, -0.1) is 0 Å². The van der Waals surface area contributed by atoms with Crippen LogP contribution in [-0.2, 0) is 11.3 Å². The molecule has 0 bridgehead atoms. The average molecular weight is 364 g/mol. The lowest BCUT2D eigenvalue weighted by molar-refractivity contribution is -0.128. The molecule has 0 saturated carbocycles. The van der Waals surface area contributed by atoms with Gasteiger partial charge in [-0.1, -0.05) is 30.3 Å². The lowest BCUT2D eigenvalue weighted by Gasteiger charge is -2.36. The van der Waals surface area contributed by atoms with Crippen molar-refractivity contribution in [3.8, 4) is 0 Å². The Hall–Kier alpha value is -3.21. The van der Waals surface area contributed by atoms with Gasteiger partial charge in [0.15, 0.2) is 0 Å². The van der Waals surface area contributed by atoms with Crippen molar-refractivity contribution in [3.05, 3.63) is 101 Å². The smallest absolute Gasteiger partial charge is 0.247 e. The number of rotatable bonds is 3. The molecule has 1 aliphatic rings. The van der Waals surface area contributed by atoms with Gasteiger partial charge in [0.05, 0.1) is 6.04 Å². The van der Waals surface area contributed by atoms with Crippen LogP contribution in [0.1, 0.15) is 22.9 Å². The zero-order valence-corrected chi connectivity index (χ0v) is 14.6. The van der Waals surface area contributed by atoms with Crippen molar-refractivity contribution < 1.29 is 13.6 Å². The van der Waals surface area contributed by atoms with Gasteiger partial charge in [-0.25, -0.2) is 8.78 Å². The van der Waals surface area contributed by atoms with Gasteiger partial charge < -0.3 is 9.47 Å². The molecule has 0 N–H and O–H groups in total. The SMILES string of the molecule is O=C(C=Cc1ccc(F)cc1F)N1CCn2cccc2C1c1ccccc1. The second-order valence-corrected chi connectivity index (χ2v) is 6.47. The predicted molar refractivity (Wildman–Crippen MR) is 99.8 cm³/mol. The Morgan fingerprint density at radius 2 is 1.81 bits per heavy atom. The van der Waals surface area contributed by atoms with Gasteiger partial charge in [0, 0.05) is 42.7 Å². The normalized spacial score (nSPS) is 16.5. The Morgan fingerprint density at radius 1 is 1.00 bits per heavy atom. The van der Waals surface area contributed by atoms with Gasteiger partial charge in [-0.2, -0.15) is 0 Å². The van der Waals surface area contributed by atoms with E-state index in [0.29, 0.717) is 13.1 Å². The van der Waals surface area contributed by atoms with Crippen molar-refractivity contribution in [1.82, 2.24) is 9.47 Å². The summed E-state index contributed by atoms with van der Waals surface area (Å²) in [5.74, 6) is -1.54. The third-order valence-corrected chi connectivity index (χ3v) is 4.80. The highest BCUT2D eigenvalue weighted by Gasteiger charge is 2.30. The van der Waals surface area contributed by atoms with Gasteiger partial charge >= 0.3 is 0 Å². The van der Waals surface area contributed by atoms with Crippen molar-refractivity contribution in [2.45, 2.75) is 12.6 Å². The van der Waals surface area contributed by atoms with Crippen molar-refractivity contribution in [2.75, 3.05) is 6.54 Å². The molecule has 3 aromatic rings. The number of aromatic nitrogens is 1. The van der Waals surface area contributed by atoms with Gasteiger partial charge in [0.25, 0.3) is 0 Å². The van der Waals surface area contributed by atoms with Gasteiger partial charge in [0.2, 0.25) is 5.91 Å². The van der Waals surface area contributed by atoms with E-state index in [1.54, 1.807) is 4.90 Å². The molecule has 2 aromatic carbocycles. The zero-order valence-electron chi connectivity index (χ0n) is 14.6. The average Bonchev–Trinajstić information content (AvgIpc) is 3.15. The summed E-state index contributed by atoms with van der Waals surface area (Å²) in [6.07, 6.45) is 4.76. The van der Waals surface area contributed by atoms with E-state index in [4.69, 9.17) is 0 Å². The minimum absolute atomic E-state index is 0.182. The molecule has 27 heavy (non-hydrogen) atoms. The van der Waals surface area contributed by atoms with E-state index in [0.717, 1.165) is 17.3 Å². The molecule has 0 fully saturated rings. The molecule has 1 atom stereocenters. The van der Waals surface area contributed by atoms with Crippen LogP contribution < -0.4 is 0 Å². The van der Waals surface area contributed by atoms with Crippen molar-refractivity contribution in [3.63, 3.8) is 0 Å². The highest BCUT2D eigenvalue weighted by Crippen LogP contribution is 2.32. The molecule has 0 saturated heterocycles. The molecule has 3 nitrogen and oxygen atoms in total. The van der Waals surface area contributed by atoms with Gasteiger partial charge in [-0.05, 0) is 35.9 Å². The van der Waals surface area contributed by atoms with Crippen LogP contribution in [0.5, 0.6) is 0 Å². The maximum absolute atomic E-state index is 13.8. The highest BCUT2D eigenvalue weighted by molar-refractivity contribution is 5.92. The maximum Gasteiger partial charge on any atom is 0.247 e. The number of carbonyl (C=O) groups is 1. The molecular formula is C22H18F2N2O. The van der Waals surface area contributed by atoms with Crippen LogP contribution in [0.3, 0.4) is 0 Å². The van der Waals surface area contributed by atoms with E-state index in [9.17, 15) is 13.6 Å². The summed E-state index contributed by atoms with van der Waals surface area (Å²) in [6, 6.07) is 16.9. The van der Waals surface area contributed by atoms with Crippen molar-refractivity contribution >= 4 is 12.0 Å². The minimum Gasteiger partial charge on any atom is -0.348 e. The third kappa shape index (κ3) is 3.40. The zero-order chi connectivity index (χ0) is 18.8. The van der Waals surface area contributed by atoms with E-state index in [2.05, 4.69) is 4.57 Å². The van der Waals surface area contributed by atoms with Crippen LogP contribution in [0.4, 0.5) is 8.78 Å². The van der Waals surface area contributed by atoms with E-state index >= 15 is 0 Å². The minimum atomic E-state index is -0.689. The molecule has 4 rings (SSSR count). The summed E-state index contributed by atoms with van der Waals surface area (Å²) in [6.45, 7) is 1.26. The summed E-state index contributed by atoms with van der Waals surface area (Å²) in [5.41, 5.74) is 2.25. The standard InChI is InChI=1S/C22H18F2N2O/c23-18-10-8-16(19(24)15-18)9-11-21(27)26-14-13-25-12-4-7-20(25)22(26)17-5-2-1-3-6-17/h1-12,15,22H,13-14H2. The van der Waals surface area contributed by atoms with Gasteiger partial charge in [-0.3, -0.25) is 4.79 Å². The first-order chi connectivity index (χ1) is 13.1. The molecule has 5 heteroatoms. The molecule has 1 unspecified atom stereocenters. The first kappa shape index (κ1) is 17.2. The highest BCUT2D eigenvalue weighted by atomic mass is 19.1. The van der Waals surface area contributed by atoms with E-state index in [1.807, 2.05) is 48.7 Å². The first-order valence-corrected chi connectivity index (χ1v) is 8.77. The molecule has 1 aromatic heterocycles. The summed E-state index contributed by atoms with van der Waals surface area (Å²) in [7, 11) is 0. The second-order valence-electron chi connectivity index (χ2n) is 6.47. The summed E-state index contributed by atoms with van der Waals surface area (Å²) < 4.78 is 29.0. The molecule has 2 heterocycles. The van der Waals surface area contributed by atoms with Crippen molar-refractivity contribution in [1.29, 1.82) is 0 Å². The fraction of sp³-hybridized carbons (Fsp3) is 0.136. The number of amides is 1. The molecule has 0 aliphatic carbocycles. The Bertz CT molecular complexity index is 995. The number of fused-ring (bicyclic) bond motifs is 1. The largest absolute Gasteiger partial charge is 0.348 e. The lowest BCUT2D eigenvalue weighted by atomic mass is 10.00. The Kier molecular flexibility index (Phi) is 4.59. The molecule has 136 valence electrons. The molecule has 1 aliphatic heterocycles. The van der Waals surface area contributed by atoms with Crippen LogP contribution in [0.25, 0.3) is 6.08 Å². The topological polar surface area (TPSA) is 25.2 Å². The predicted octanol–water partition coefficient (Wildman–Crippen LogP) is 4.41. The number of benzene rings is 2. The third-order valence-electron chi connectivity index (χ3n) is 4.80. The van der Waals surface area contributed by atoms with Crippen LogP contribution in [-0.4, -0.2) is 21.9 Å². The number of halogens is 2. The molecule has 0 radical (unpaired) electrons. The van der Waals surface area contributed by atoms with Gasteiger partial charge in [0.1, 0.15) is 11.6 Å². The van der Waals surface area contributed by atoms with E-state index in [-0.39, 0.29) is 17.5 Å². The number of carbonyl (C=O) groups excluding carboxylic acids is 1. The Balaban J connectivity index is 1.65. The lowest BCUT2D eigenvalue weighted by Crippen LogP contribution is -2.41. The molecule has 0 spiro atoms. The van der Waals surface area contributed by atoms with Crippen LogP contribution in [0.2, 0.25) is 0 Å². The van der Waals surface area contributed by atoms with Crippen molar-refractivity contribution in [2.24, 2.45) is 0 Å². The molecular weight excluding hydrogens is 346 g/mol. The van der Waals surface area contributed by atoms with Crippen LogP contribution in [0.15, 0.2) is 72.9 Å². The maximum atomic E-state index is 13.8. The summed E-state index contributed by atoms with van der Waals surface area (Å²) in [4.78, 5) is 14.7. The number of hydrogen-bond acceptors (Lipinski definition) is 1. The monoisotopic (exact) mass is 364 g/mol.